The van der Waals surface area contributed by atoms with Crippen molar-refractivity contribution in [1.29, 1.82) is 0 Å². The third kappa shape index (κ3) is 9.25. The van der Waals surface area contributed by atoms with E-state index in [0.717, 1.165) is 0 Å². The number of likely N-dealkylation sites (N-methyl/N-ethyl adjacent to an activating group) is 1. The summed E-state index contributed by atoms with van der Waals surface area (Å²) in [6.45, 7) is -2.91. The van der Waals surface area contributed by atoms with Crippen molar-refractivity contribution in [3.8, 4) is 0 Å². The second-order valence-corrected chi connectivity index (χ2v) is 8.98. The van der Waals surface area contributed by atoms with Crippen molar-refractivity contribution in [2.24, 2.45) is 0 Å². The van der Waals surface area contributed by atoms with Crippen molar-refractivity contribution < 1.29 is 66.7 Å². The van der Waals surface area contributed by atoms with Gasteiger partial charge in [-0.1, -0.05) is 23.7 Å². The summed E-state index contributed by atoms with van der Waals surface area (Å²) in [6.07, 6.45) is -21.1. The Bertz CT molecular complexity index is 1350. The molecule has 0 aliphatic carbocycles. The Hall–Kier alpha value is -3.50. The molecule has 2 aromatic rings. The molecule has 0 saturated carbocycles. The number of hydrogen-bond acceptors (Lipinski definition) is 2. The zero-order valence-corrected chi connectivity index (χ0v) is 21.3. The molecular weight excluding hydrogens is 631 g/mol. The van der Waals surface area contributed by atoms with E-state index in [1.807, 2.05) is 0 Å². The Labute approximate surface area is 232 Å². The molecule has 1 atom stereocenters. The minimum atomic E-state index is -5.43. The number of amides is 2. The van der Waals surface area contributed by atoms with E-state index in [1.165, 1.54) is 0 Å². The molecule has 0 aromatic heterocycles. The molecule has 0 saturated heterocycles. The zero-order chi connectivity index (χ0) is 32.4. The summed E-state index contributed by atoms with van der Waals surface area (Å²) in [7, 11) is 0.704. The van der Waals surface area contributed by atoms with E-state index >= 15 is 0 Å². The van der Waals surface area contributed by atoms with E-state index in [2.05, 4.69) is 0 Å². The quantitative estimate of drug-likeness (QED) is 0.313. The highest BCUT2D eigenvalue weighted by Crippen LogP contribution is 2.43. The number of carbonyl (C=O) groups is 2. The van der Waals surface area contributed by atoms with Gasteiger partial charge in [-0.05, 0) is 35.9 Å². The fourth-order valence-electron chi connectivity index (χ4n) is 3.44. The number of benzene rings is 2. The lowest BCUT2D eigenvalue weighted by Crippen LogP contribution is -2.42. The summed E-state index contributed by atoms with van der Waals surface area (Å²) >= 11 is 5.39. The Balaban J connectivity index is 2.46. The van der Waals surface area contributed by atoms with Crippen LogP contribution in [-0.4, -0.2) is 49.2 Å². The third-order valence-electron chi connectivity index (χ3n) is 5.41. The SMILES string of the molecule is CN(CC(F)(F)F)C(=O)CNC(=O)c1ccc(/C(F)=C/C(c2ccc(Cl)c(C(F)(F)F)c2)C(F)(F)F)cc1C(F)(F)F. The molecule has 0 aliphatic rings. The van der Waals surface area contributed by atoms with Gasteiger partial charge in [-0.3, -0.25) is 9.59 Å². The number of carbonyl (C=O) groups excluding carboxylic acids is 2. The lowest BCUT2D eigenvalue weighted by Gasteiger charge is -2.20. The van der Waals surface area contributed by atoms with Crippen molar-refractivity contribution in [2.75, 3.05) is 20.1 Å². The summed E-state index contributed by atoms with van der Waals surface area (Å²) in [5.74, 6) is -8.01. The van der Waals surface area contributed by atoms with E-state index in [1.54, 1.807) is 5.32 Å². The molecule has 18 heteroatoms. The molecule has 0 heterocycles. The van der Waals surface area contributed by atoms with Crippen LogP contribution < -0.4 is 5.32 Å². The van der Waals surface area contributed by atoms with E-state index in [0.29, 0.717) is 31.3 Å². The maximum atomic E-state index is 14.9. The molecule has 0 bridgehead atoms. The Kier molecular flexibility index (Phi) is 10.2. The Morgan fingerprint density at radius 1 is 0.881 bits per heavy atom. The van der Waals surface area contributed by atoms with Gasteiger partial charge in [-0.2, -0.15) is 52.7 Å². The van der Waals surface area contributed by atoms with Gasteiger partial charge in [0.2, 0.25) is 5.91 Å². The predicted octanol–water partition coefficient (Wildman–Crippen LogP) is 7.78. The lowest BCUT2D eigenvalue weighted by molar-refractivity contribution is -0.157. The Morgan fingerprint density at radius 2 is 1.45 bits per heavy atom. The topological polar surface area (TPSA) is 49.4 Å². The first kappa shape index (κ1) is 34.7. The molecule has 1 N–H and O–H groups in total. The van der Waals surface area contributed by atoms with Crippen LogP contribution in [0, 0.1) is 0 Å². The number of nitrogens with one attached hydrogen (secondary N) is 1. The van der Waals surface area contributed by atoms with Gasteiger partial charge in [0.15, 0.2) is 0 Å². The van der Waals surface area contributed by atoms with Gasteiger partial charge in [0.05, 0.1) is 28.3 Å². The van der Waals surface area contributed by atoms with E-state index in [9.17, 15) is 66.7 Å². The minimum absolute atomic E-state index is 0.00623. The summed E-state index contributed by atoms with van der Waals surface area (Å²) in [6, 6.07) is 1.72. The van der Waals surface area contributed by atoms with Crippen LogP contribution >= 0.6 is 11.6 Å². The number of allylic oxidation sites excluding steroid dienone is 1. The molecular formula is C24H16ClF13N2O2. The molecule has 0 aliphatic heterocycles. The van der Waals surface area contributed by atoms with Crippen LogP contribution in [0.1, 0.15) is 38.5 Å². The van der Waals surface area contributed by atoms with Gasteiger partial charge in [0.1, 0.15) is 18.3 Å². The number of rotatable bonds is 7. The maximum Gasteiger partial charge on any atom is 0.417 e. The second kappa shape index (κ2) is 12.4. The molecule has 1 unspecified atom stereocenters. The molecule has 232 valence electrons. The van der Waals surface area contributed by atoms with Crippen LogP contribution in [0.25, 0.3) is 5.83 Å². The highest BCUT2D eigenvalue weighted by Gasteiger charge is 2.42. The molecule has 2 rings (SSSR count). The van der Waals surface area contributed by atoms with Gasteiger partial charge in [0.25, 0.3) is 5.91 Å². The Morgan fingerprint density at radius 3 is 1.95 bits per heavy atom. The van der Waals surface area contributed by atoms with Crippen LogP contribution in [0.3, 0.4) is 0 Å². The van der Waals surface area contributed by atoms with Crippen LogP contribution in [-0.2, 0) is 17.1 Å². The fourth-order valence-corrected chi connectivity index (χ4v) is 3.67. The van der Waals surface area contributed by atoms with Crippen molar-refractivity contribution in [1.82, 2.24) is 10.2 Å². The minimum Gasteiger partial charge on any atom is -0.343 e. The number of hydrogen-bond donors (Lipinski definition) is 1. The summed E-state index contributed by atoms with van der Waals surface area (Å²) in [4.78, 5) is 24.2. The van der Waals surface area contributed by atoms with Gasteiger partial charge >= 0.3 is 24.7 Å². The van der Waals surface area contributed by atoms with E-state index in [4.69, 9.17) is 11.6 Å². The van der Waals surface area contributed by atoms with Crippen LogP contribution in [0.4, 0.5) is 57.1 Å². The van der Waals surface area contributed by atoms with Gasteiger partial charge in [0, 0.05) is 12.6 Å². The van der Waals surface area contributed by atoms with E-state index < -0.39 is 94.2 Å². The average molecular weight is 647 g/mol. The number of nitrogens with zero attached hydrogens (tertiary/aromatic N) is 1. The van der Waals surface area contributed by atoms with Crippen LogP contribution in [0.2, 0.25) is 5.02 Å². The maximum absolute atomic E-state index is 14.9. The molecule has 2 aromatic carbocycles. The number of halogens is 14. The average Bonchev–Trinajstić information content (AvgIpc) is 2.82. The summed E-state index contributed by atoms with van der Waals surface area (Å²) < 4.78 is 173. The normalized spacial score (nSPS) is 14.0. The molecule has 0 radical (unpaired) electrons. The third-order valence-corrected chi connectivity index (χ3v) is 5.74. The number of alkyl halides is 12. The van der Waals surface area contributed by atoms with Gasteiger partial charge < -0.3 is 10.2 Å². The second-order valence-electron chi connectivity index (χ2n) is 8.58. The fraction of sp³-hybridized carbons (Fsp3) is 0.333. The molecule has 2 amide bonds. The van der Waals surface area contributed by atoms with Crippen molar-refractivity contribution >= 4 is 29.2 Å². The monoisotopic (exact) mass is 646 g/mol. The molecule has 0 fully saturated rings. The highest BCUT2D eigenvalue weighted by molar-refractivity contribution is 6.31. The van der Waals surface area contributed by atoms with Crippen LogP contribution in [0.15, 0.2) is 42.5 Å². The largest absolute Gasteiger partial charge is 0.417 e. The molecule has 42 heavy (non-hydrogen) atoms. The van der Waals surface area contributed by atoms with Crippen LogP contribution in [0.5, 0.6) is 0 Å². The van der Waals surface area contributed by atoms with E-state index in [-0.39, 0.29) is 23.1 Å². The summed E-state index contributed by atoms with van der Waals surface area (Å²) in [5.41, 5.74) is -7.13. The first-order chi connectivity index (χ1) is 18.9. The predicted molar refractivity (Wildman–Crippen MR) is 122 cm³/mol. The zero-order valence-electron chi connectivity index (χ0n) is 20.6. The summed E-state index contributed by atoms with van der Waals surface area (Å²) in [5, 5.41) is 0.701. The lowest BCUT2D eigenvalue weighted by atomic mass is 9.94. The van der Waals surface area contributed by atoms with Gasteiger partial charge in [-0.25, -0.2) is 4.39 Å². The highest BCUT2D eigenvalue weighted by atomic mass is 35.5. The smallest absolute Gasteiger partial charge is 0.343 e. The van der Waals surface area contributed by atoms with Crippen molar-refractivity contribution in [2.45, 2.75) is 30.6 Å². The molecule has 4 nitrogen and oxygen atoms in total. The van der Waals surface area contributed by atoms with Crippen molar-refractivity contribution in [3.05, 3.63) is 75.3 Å². The first-order valence-electron chi connectivity index (χ1n) is 11.0. The van der Waals surface area contributed by atoms with Crippen molar-refractivity contribution in [3.63, 3.8) is 0 Å². The first-order valence-corrected chi connectivity index (χ1v) is 11.4. The molecule has 0 spiro atoms. The van der Waals surface area contributed by atoms with Gasteiger partial charge in [-0.15, -0.1) is 0 Å². The standard InChI is InChI=1S/C24H16ClF13N2O2/c1-40(10-21(27,28)29)19(41)9-39-20(42)13-4-2-12(7-15(13)23(33,34)35)18(26)8-14(22(30,31)32)11-3-5-17(25)16(6-11)24(36,37)38/h2-8,14H,9-10H2,1H3,(H,39,42)/b18-8-.